The van der Waals surface area contributed by atoms with Gasteiger partial charge in [0, 0.05) is 18.5 Å². The van der Waals surface area contributed by atoms with Crippen LogP contribution in [0.3, 0.4) is 0 Å². The fraction of sp³-hybridized carbons (Fsp3) is 0.818. The number of rotatable bonds is 5. The third-order valence-corrected chi connectivity index (χ3v) is 2.86. The number of hydrogen-bond donors (Lipinski definition) is 3. The molecule has 1 fully saturated rings. The summed E-state index contributed by atoms with van der Waals surface area (Å²) in [6.07, 6.45) is 1.39. The van der Waals surface area contributed by atoms with E-state index in [1.807, 2.05) is 13.8 Å². The lowest BCUT2D eigenvalue weighted by molar-refractivity contribution is -0.138. The Kier molecular flexibility index (Phi) is 4.29. The third-order valence-electron chi connectivity index (χ3n) is 2.86. The van der Waals surface area contributed by atoms with Crippen molar-refractivity contribution < 1.29 is 14.7 Å². The minimum absolute atomic E-state index is 0.0281. The molecule has 1 aliphatic heterocycles. The van der Waals surface area contributed by atoms with Crippen LogP contribution in [0, 0.1) is 5.92 Å². The van der Waals surface area contributed by atoms with Gasteiger partial charge in [-0.1, -0.05) is 0 Å². The second-order valence-electron chi connectivity index (χ2n) is 4.96. The van der Waals surface area contributed by atoms with Gasteiger partial charge >= 0.3 is 5.97 Å². The Hall–Kier alpha value is -1.10. The van der Waals surface area contributed by atoms with Gasteiger partial charge in [0.25, 0.3) is 0 Å². The molecule has 0 aromatic carbocycles. The Bertz CT molecular complexity index is 270. The van der Waals surface area contributed by atoms with E-state index in [0.717, 1.165) is 19.5 Å². The molecule has 16 heavy (non-hydrogen) atoms. The van der Waals surface area contributed by atoms with Crippen LogP contribution in [-0.2, 0) is 9.59 Å². The third kappa shape index (κ3) is 4.18. The Morgan fingerprint density at radius 2 is 2.19 bits per heavy atom. The van der Waals surface area contributed by atoms with Crippen LogP contribution in [-0.4, -0.2) is 35.6 Å². The van der Waals surface area contributed by atoms with Gasteiger partial charge in [-0.3, -0.25) is 9.59 Å². The first-order valence-electron chi connectivity index (χ1n) is 5.65. The zero-order valence-electron chi connectivity index (χ0n) is 9.88. The molecule has 5 nitrogen and oxygen atoms in total. The van der Waals surface area contributed by atoms with E-state index in [9.17, 15) is 9.59 Å². The zero-order valence-corrected chi connectivity index (χ0v) is 9.88. The summed E-state index contributed by atoms with van der Waals surface area (Å²) in [6, 6.07) is 0. The summed E-state index contributed by atoms with van der Waals surface area (Å²) >= 11 is 0. The van der Waals surface area contributed by atoms with E-state index in [1.165, 1.54) is 0 Å². The molecule has 1 heterocycles. The first kappa shape index (κ1) is 13.0. The van der Waals surface area contributed by atoms with Crippen LogP contribution in [0.5, 0.6) is 0 Å². The summed E-state index contributed by atoms with van der Waals surface area (Å²) in [5, 5.41) is 14.6. The van der Waals surface area contributed by atoms with E-state index >= 15 is 0 Å². The first-order valence-corrected chi connectivity index (χ1v) is 5.65. The van der Waals surface area contributed by atoms with Gasteiger partial charge < -0.3 is 15.7 Å². The molecule has 0 saturated carbocycles. The monoisotopic (exact) mass is 228 g/mol. The summed E-state index contributed by atoms with van der Waals surface area (Å²) < 4.78 is 0. The van der Waals surface area contributed by atoms with E-state index in [4.69, 9.17) is 5.11 Å². The molecule has 0 aliphatic carbocycles. The standard InChI is InChI=1S/C11H20N2O3/c1-11(2,5-3-9(14)15)13-10(16)8-4-6-12-7-8/h8,12H,3-7H2,1-2H3,(H,13,16)(H,14,15). The summed E-state index contributed by atoms with van der Waals surface area (Å²) in [5.74, 6) is -0.769. The largest absolute Gasteiger partial charge is 0.481 e. The Morgan fingerprint density at radius 3 is 2.69 bits per heavy atom. The van der Waals surface area contributed by atoms with Crippen LogP contribution in [0.1, 0.15) is 33.1 Å². The highest BCUT2D eigenvalue weighted by atomic mass is 16.4. The number of amides is 1. The SMILES string of the molecule is CC(C)(CCC(=O)O)NC(=O)C1CCNC1. The fourth-order valence-electron chi connectivity index (χ4n) is 1.80. The molecule has 0 aromatic heterocycles. The molecule has 1 aliphatic rings. The fourth-order valence-corrected chi connectivity index (χ4v) is 1.80. The highest BCUT2D eigenvalue weighted by Crippen LogP contribution is 2.14. The molecule has 1 amide bonds. The molecular formula is C11H20N2O3. The van der Waals surface area contributed by atoms with E-state index in [2.05, 4.69) is 10.6 Å². The Balaban J connectivity index is 2.38. The van der Waals surface area contributed by atoms with Crippen LogP contribution in [0.25, 0.3) is 0 Å². The molecule has 1 saturated heterocycles. The number of aliphatic carboxylic acids is 1. The maximum atomic E-state index is 11.8. The van der Waals surface area contributed by atoms with Crippen molar-refractivity contribution in [2.75, 3.05) is 13.1 Å². The summed E-state index contributed by atoms with van der Waals surface area (Å²) in [7, 11) is 0. The molecule has 0 radical (unpaired) electrons. The lowest BCUT2D eigenvalue weighted by atomic mass is 9.96. The van der Waals surface area contributed by atoms with Crippen molar-refractivity contribution in [2.24, 2.45) is 5.92 Å². The van der Waals surface area contributed by atoms with Crippen LogP contribution in [0.4, 0.5) is 0 Å². The van der Waals surface area contributed by atoms with Crippen LogP contribution in [0.2, 0.25) is 0 Å². The van der Waals surface area contributed by atoms with Gasteiger partial charge in [-0.25, -0.2) is 0 Å². The molecule has 1 atom stereocenters. The highest BCUT2D eigenvalue weighted by Gasteiger charge is 2.28. The first-order chi connectivity index (χ1) is 7.41. The van der Waals surface area contributed by atoms with E-state index in [1.54, 1.807) is 0 Å². The number of nitrogens with one attached hydrogen (secondary N) is 2. The smallest absolute Gasteiger partial charge is 0.303 e. The van der Waals surface area contributed by atoms with Gasteiger partial charge in [0.2, 0.25) is 5.91 Å². The van der Waals surface area contributed by atoms with Crippen molar-refractivity contribution >= 4 is 11.9 Å². The summed E-state index contributed by atoms with van der Waals surface area (Å²) in [4.78, 5) is 22.3. The summed E-state index contributed by atoms with van der Waals surface area (Å²) in [5.41, 5.74) is -0.446. The minimum atomic E-state index is -0.829. The van der Waals surface area contributed by atoms with Crippen molar-refractivity contribution in [1.29, 1.82) is 0 Å². The van der Waals surface area contributed by atoms with Crippen LogP contribution < -0.4 is 10.6 Å². The second kappa shape index (κ2) is 5.30. The second-order valence-corrected chi connectivity index (χ2v) is 4.96. The van der Waals surface area contributed by atoms with E-state index in [0.29, 0.717) is 6.42 Å². The Morgan fingerprint density at radius 1 is 1.50 bits per heavy atom. The Labute approximate surface area is 95.6 Å². The van der Waals surface area contributed by atoms with Crippen molar-refractivity contribution in [3.63, 3.8) is 0 Å². The maximum absolute atomic E-state index is 11.8. The molecule has 0 bridgehead atoms. The normalized spacial score (nSPS) is 20.8. The van der Waals surface area contributed by atoms with Gasteiger partial charge in [-0.15, -0.1) is 0 Å². The maximum Gasteiger partial charge on any atom is 0.303 e. The quantitative estimate of drug-likeness (QED) is 0.634. The van der Waals surface area contributed by atoms with Crippen molar-refractivity contribution in [3.8, 4) is 0 Å². The number of hydrogen-bond acceptors (Lipinski definition) is 3. The number of carbonyl (C=O) groups excluding carboxylic acids is 1. The van der Waals surface area contributed by atoms with E-state index in [-0.39, 0.29) is 18.2 Å². The van der Waals surface area contributed by atoms with Crippen LogP contribution >= 0.6 is 0 Å². The highest BCUT2D eigenvalue weighted by molar-refractivity contribution is 5.80. The zero-order chi connectivity index (χ0) is 12.2. The van der Waals surface area contributed by atoms with Crippen molar-refractivity contribution in [3.05, 3.63) is 0 Å². The molecule has 1 rings (SSSR count). The number of carbonyl (C=O) groups is 2. The average Bonchev–Trinajstić information content (AvgIpc) is 2.67. The predicted molar refractivity (Wildman–Crippen MR) is 60.1 cm³/mol. The molecular weight excluding hydrogens is 208 g/mol. The molecule has 1 unspecified atom stereocenters. The van der Waals surface area contributed by atoms with Crippen LogP contribution in [0.15, 0.2) is 0 Å². The molecule has 3 N–H and O–H groups in total. The number of carboxylic acid groups (broad SMARTS) is 1. The minimum Gasteiger partial charge on any atom is -0.481 e. The lowest BCUT2D eigenvalue weighted by Gasteiger charge is -2.27. The molecule has 5 heteroatoms. The molecule has 0 spiro atoms. The number of carboxylic acids is 1. The summed E-state index contributed by atoms with van der Waals surface area (Å²) in [6.45, 7) is 5.32. The van der Waals surface area contributed by atoms with Gasteiger partial charge in [0.05, 0.1) is 5.92 Å². The topological polar surface area (TPSA) is 78.4 Å². The van der Waals surface area contributed by atoms with Crippen molar-refractivity contribution in [2.45, 2.75) is 38.6 Å². The predicted octanol–water partition coefficient (Wildman–Crippen LogP) is 0.356. The molecule has 92 valence electrons. The van der Waals surface area contributed by atoms with Crippen molar-refractivity contribution in [1.82, 2.24) is 10.6 Å². The van der Waals surface area contributed by atoms with E-state index < -0.39 is 11.5 Å². The van der Waals surface area contributed by atoms with Gasteiger partial charge in [-0.2, -0.15) is 0 Å². The van der Waals surface area contributed by atoms with Gasteiger partial charge in [-0.05, 0) is 33.2 Å². The van der Waals surface area contributed by atoms with Gasteiger partial charge in [0.15, 0.2) is 0 Å². The van der Waals surface area contributed by atoms with Gasteiger partial charge in [0.1, 0.15) is 0 Å². The lowest BCUT2D eigenvalue weighted by Crippen LogP contribution is -2.46. The molecule has 0 aromatic rings. The average molecular weight is 228 g/mol.